The number of allylic oxidation sites excluding steroid dienone is 5. The van der Waals surface area contributed by atoms with Gasteiger partial charge in [-0.1, -0.05) is 31.4 Å². The van der Waals surface area contributed by atoms with Crippen molar-refractivity contribution in [2.24, 2.45) is 5.92 Å². The van der Waals surface area contributed by atoms with Gasteiger partial charge in [0.05, 0.1) is 23.0 Å². The van der Waals surface area contributed by atoms with Crippen LogP contribution < -0.4 is 0 Å². The van der Waals surface area contributed by atoms with Crippen LogP contribution in [0.2, 0.25) is 0 Å². The van der Waals surface area contributed by atoms with E-state index in [2.05, 4.69) is 19.7 Å². The number of alkyl halides is 1. The minimum Gasteiger partial charge on any atom is -0.239 e. The van der Waals surface area contributed by atoms with Crippen LogP contribution in [0.3, 0.4) is 0 Å². The molecule has 1 aliphatic rings. The molecular weight excluding hydrogens is 528 g/mol. The smallest absolute Gasteiger partial charge is 0.169 e. The molecule has 0 N–H and O–H groups in total. The topological polar surface area (TPSA) is 0 Å². The van der Waals surface area contributed by atoms with Crippen molar-refractivity contribution in [3.05, 3.63) is 118 Å². The summed E-state index contributed by atoms with van der Waals surface area (Å²) in [4.78, 5) is 0. The Hall–Kier alpha value is -3.70. The van der Waals surface area contributed by atoms with E-state index in [9.17, 15) is 26.3 Å². The molecule has 0 saturated carbocycles. The van der Waals surface area contributed by atoms with Crippen LogP contribution in [-0.4, -0.2) is 6.17 Å². The highest BCUT2D eigenvalue weighted by Gasteiger charge is 2.46. The van der Waals surface area contributed by atoms with Crippen molar-refractivity contribution in [2.75, 3.05) is 0 Å². The molecule has 0 aromatic heterocycles. The summed E-state index contributed by atoms with van der Waals surface area (Å²) < 4.78 is 177. The lowest BCUT2D eigenvalue weighted by Crippen LogP contribution is -2.27. The van der Waals surface area contributed by atoms with E-state index in [0.717, 1.165) is 0 Å². The summed E-state index contributed by atoms with van der Waals surface area (Å²) in [6.07, 6.45) is -2.32. The van der Waals surface area contributed by atoms with E-state index in [-0.39, 0.29) is 12.2 Å². The van der Waals surface area contributed by atoms with Gasteiger partial charge in [0.25, 0.3) is 0 Å². The van der Waals surface area contributed by atoms with Crippen LogP contribution in [0.15, 0.2) is 48.9 Å². The van der Waals surface area contributed by atoms with Crippen molar-refractivity contribution >= 4 is 12.2 Å². The zero-order valence-electron chi connectivity index (χ0n) is 18.1. The minimum absolute atomic E-state index is 0.266. The van der Waals surface area contributed by atoms with Crippen molar-refractivity contribution in [3.8, 4) is 0 Å². The van der Waals surface area contributed by atoms with Crippen molar-refractivity contribution in [1.29, 1.82) is 0 Å². The van der Waals surface area contributed by atoms with Gasteiger partial charge in [-0.15, -0.1) is 6.58 Å². The average Bonchev–Trinajstić information content (AvgIpc) is 2.86. The standard InChI is InChI=1S/C25H12F12/c1-4-7-14(26)20(32)11(21(33)15(7)27)10(12-22(34)16(28)8(5-2)17(29)23(12)35)13-24(36)18(30)9(6-3)19(31)25(13)37/h4-7,10,14H,1-3H2. The maximum atomic E-state index is 15.1. The van der Waals surface area contributed by atoms with E-state index >= 15 is 26.3 Å². The monoisotopic (exact) mass is 540 g/mol. The predicted molar refractivity (Wildman–Crippen MR) is 111 cm³/mol. The normalized spacial score (nSPS) is 18.1. The van der Waals surface area contributed by atoms with Crippen molar-refractivity contribution in [1.82, 2.24) is 0 Å². The van der Waals surface area contributed by atoms with Crippen LogP contribution in [-0.2, 0) is 0 Å². The van der Waals surface area contributed by atoms with Gasteiger partial charge >= 0.3 is 0 Å². The predicted octanol–water partition coefficient (Wildman–Crippen LogP) is 8.75. The second-order valence-corrected chi connectivity index (χ2v) is 7.59. The summed E-state index contributed by atoms with van der Waals surface area (Å²) in [7, 11) is 0. The summed E-state index contributed by atoms with van der Waals surface area (Å²) in [6.45, 7) is 8.76. The largest absolute Gasteiger partial charge is 0.239 e. The molecule has 3 rings (SSSR count). The molecular formula is C25H12F12. The Morgan fingerprint density at radius 3 is 1.19 bits per heavy atom. The molecule has 0 amide bonds. The van der Waals surface area contributed by atoms with Gasteiger partial charge in [0.2, 0.25) is 0 Å². The van der Waals surface area contributed by atoms with Crippen LogP contribution in [0.25, 0.3) is 12.2 Å². The first-order valence-electron chi connectivity index (χ1n) is 9.96. The molecule has 2 unspecified atom stereocenters. The van der Waals surface area contributed by atoms with Crippen LogP contribution in [0.4, 0.5) is 52.7 Å². The van der Waals surface area contributed by atoms with Crippen LogP contribution in [0.5, 0.6) is 0 Å². The molecule has 0 saturated heterocycles. The van der Waals surface area contributed by atoms with Gasteiger partial charge in [-0.3, -0.25) is 0 Å². The van der Waals surface area contributed by atoms with E-state index in [1.807, 2.05) is 0 Å². The van der Waals surface area contributed by atoms with Gasteiger partial charge in [0, 0.05) is 16.7 Å². The maximum absolute atomic E-state index is 15.1. The van der Waals surface area contributed by atoms with Gasteiger partial charge < -0.3 is 0 Å². The Morgan fingerprint density at radius 1 is 0.541 bits per heavy atom. The molecule has 2 aromatic rings. The van der Waals surface area contributed by atoms with Crippen LogP contribution in [0, 0.1) is 52.5 Å². The molecule has 0 heterocycles. The molecule has 12 heteroatoms. The summed E-state index contributed by atoms with van der Waals surface area (Å²) in [5.41, 5.74) is -9.67. The molecule has 2 atom stereocenters. The zero-order valence-corrected chi connectivity index (χ0v) is 18.1. The van der Waals surface area contributed by atoms with E-state index in [1.54, 1.807) is 0 Å². The molecule has 0 bridgehead atoms. The van der Waals surface area contributed by atoms with Gasteiger partial charge in [-0.2, -0.15) is 0 Å². The summed E-state index contributed by atoms with van der Waals surface area (Å²) in [5.74, 6) is -32.5. The van der Waals surface area contributed by atoms with Crippen LogP contribution in [0.1, 0.15) is 28.2 Å². The molecule has 0 nitrogen and oxygen atoms in total. The number of hydrogen-bond donors (Lipinski definition) is 0. The van der Waals surface area contributed by atoms with Gasteiger partial charge in [0.1, 0.15) is 11.7 Å². The Kier molecular flexibility index (Phi) is 7.52. The number of rotatable bonds is 6. The minimum atomic E-state index is -3.53. The number of halogens is 12. The average molecular weight is 540 g/mol. The molecule has 196 valence electrons. The fraction of sp³-hybridized carbons (Fsp3) is 0.120. The highest BCUT2D eigenvalue weighted by atomic mass is 19.2. The fourth-order valence-corrected chi connectivity index (χ4v) is 3.93. The van der Waals surface area contributed by atoms with E-state index in [1.165, 1.54) is 0 Å². The molecule has 0 aliphatic heterocycles. The highest BCUT2D eigenvalue weighted by molar-refractivity contribution is 5.59. The third-order valence-electron chi connectivity index (χ3n) is 5.74. The van der Waals surface area contributed by atoms with Crippen molar-refractivity contribution in [3.63, 3.8) is 0 Å². The second-order valence-electron chi connectivity index (χ2n) is 7.59. The lowest BCUT2D eigenvalue weighted by molar-refractivity contribution is 0.241. The fourth-order valence-electron chi connectivity index (χ4n) is 3.93. The van der Waals surface area contributed by atoms with Gasteiger partial charge in [-0.25, -0.2) is 52.7 Å². The Balaban J connectivity index is 2.64. The lowest BCUT2D eigenvalue weighted by Gasteiger charge is -2.29. The molecule has 0 fully saturated rings. The Bertz CT molecular complexity index is 1280. The zero-order chi connectivity index (χ0) is 28.1. The third kappa shape index (κ3) is 3.98. The first-order chi connectivity index (χ1) is 17.3. The number of hydrogen-bond acceptors (Lipinski definition) is 0. The second kappa shape index (κ2) is 9.98. The lowest BCUT2D eigenvalue weighted by atomic mass is 9.77. The van der Waals surface area contributed by atoms with Gasteiger partial charge in [-0.05, 0) is 0 Å². The number of benzene rings is 2. The Morgan fingerprint density at radius 2 is 0.892 bits per heavy atom. The molecule has 2 aromatic carbocycles. The third-order valence-corrected chi connectivity index (χ3v) is 5.74. The molecule has 37 heavy (non-hydrogen) atoms. The van der Waals surface area contributed by atoms with E-state index in [0.29, 0.717) is 6.08 Å². The quantitative estimate of drug-likeness (QED) is 0.195. The molecule has 0 radical (unpaired) electrons. The maximum Gasteiger partial charge on any atom is 0.169 e. The first-order valence-corrected chi connectivity index (χ1v) is 9.96. The van der Waals surface area contributed by atoms with Crippen molar-refractivity contribution < 1.29 is 52.7 Å². The van der Waals surface area contributed by atoms with E-state index in [4.69, 9.17) is 0 Å². The van der Waals surface area contributed by atoms with Gasteiger partial charge in [0.15, 0.2) is 58.5 Å². The SMILES string of the molecule is C=Cc1c(F)c(F)c(C(C2=C(F)C(F)C(C=C)C(F)=C2F)c2c(F)c(F)c(C=C)c(F)c2F)c(F)c1F. The summed E-state index contributed by atoms with van der Waals surface area (Å²) in [6, 6.07) is 0. The van der Waals surface area contributed by atoms with Crippen molar-refractivity contribution in [2.45, 2.75) is 12.1 Å². The van der Waals surface area contributed by atoms with Crippen LogP contribution >= 0.6 is 0 Å². The summed E-state index contributed by atoms with van der Waals surface area (Å²) >= 11 is 0. The Labute approximate surface area is 201 Å². The van der Waals surface area contributed by atoms with E-state index < -0.39 is 110 Å². The summed E-state index contributed by atoms with van der Waals surface area (Å²) in [5, 5.41) is 0. The molecule has 1 aliphatic carbocycles. The first kappa shape index (κ1) is 27.9. The highest BCUT2D eigenvalue weighted by Crippen LogP contribution is 2.50. The molecule has 0 spiro atoms.